The van der Waals surface area contributed by atoms with Crippen LogP contribution in [0.3, 0.4) is 0 Å². The maximum Gasteiger partial charge on any atom is 0.135 e. The Balaban J connectivity index is 2.67. The maximum atomic E-state index is 11.1. The van der Waals surface area contributed by atoms with Gasteiger partial charge in [0.2, 0.25) is 0 Å². The first kappa shape index (κ1) is 22.9. The van der Waals surface area contributed by atoms with Crippen molar-refractivity contribution >= 4 is 0 Å². The first-order chi connectivity index (χ1) is 13.4. The summed E-state index contributed by atoms with van der Waals surface area (Å²) >= 11 is 0. The van der Waals surface area contributed by atoms with E-state index in [1.54, 1.807) is 6.92 Å². The quantitative estimate of drug-likeness (QED) is 0.538. The lowest BCUT2D eigenvalue weighted by Gasteiger charge is -2.29. The molecular formula is C27H36O2. The van der Waals surface area contributed by atoms with Crippen molar-refractivity contribution in [1.82, 2.24) is 0 Å². The highest BCUT2D eigenvalue weighted by Gasteiger charge is 2.27. The standard InChI is InChI=1S/C27H36O2/c1-9-10-21-12-18(3)14-24(26(21)29)22(15-19(4)16-27(6,7)8)23-13-17(2)11-20(5)25(23)28/h11-14,19,22,28-29H,15-16H2,1-8H3. The second-order valence-corrected chi connectivity index (χ2v) is 9.80. The predicted octanol–water partition coefficient (Wildman–Crippen LogP) is 6.99. The molecule has 0 aliphatic rings. The van der Waals surface area contributed by atoms with Gasteiger partial charge in [0, 0.05) is 17.0 Å². The molecule has 2 N–H and O–H groups in total. The lowest BCUT2D eigenvalue weighted by Crippen LogP contribution is -2.15. The second kappa shape index (κ2) is 8.95. The first-order valence-corrected chi connectivity index (χ1v) is 10.5. The molecule has 0 heterocycles. The number of phenols is 2. The molecule has 0 radical (unpaired) electrons. The van der Waals surface area contributed by atoms with Crippen LogP contribution in [0, 0.1) is 43.9 Å². The highest BCUT2D eigenvalue weighted by atomic mass is 16.3. The third-order valence-corrected chi connectivity index (χ3v) is 5.37. The number of phenolic OH excluding ortho intramolecular Hbond substituents is 2. The van der Waals surface area contributed by atoms with Crippen LogP contribution in [0.25, 0.3) is 0 Å². The predicted molar refractivity (Wildman–Crippen MR) is 123 cm³/mol. The zero-order valence-electron chi connectivity index (χ0n) is 19.3. The number of hydrogen-bond donors (Lipinski definition) is 2. The van der Waals surface area contributed by atoms with Gasteiger partial charge in [0.25, 0.3) is 0 Å². The van der Waals surface area contributed by atoms with E-state index in [-0.39, 0.29) is 17.1 Å². The van der Waals surface area contributed by atoms with Crippen LogP contribution < -0.4 is 0 Å². The fraction of sp³-hybridized carbons (Fsp3) is 0.481. The Kier molecular flexibility index (Phi) is 7.06. The van der Waals surface area contributed by atoms with E-state index in [4.69, 9.17) is 0 Å². The minimum Gasteiger partial charge on any atom is -0.507 e. The summed E-state index contributed by atoms with van der Waals surface area (Å²) in [5.41, 5.74) is 5.66. The summed E-state index contributed by atoms with van der Waals surface area (Å²) in [5.74, 6) is 6.83. The molecule has 0 fully saturated rings. The van der Waals surface area contributed by atoms with Gasteiger partial charge in [0.05, 0.1) is 5.56 Å². The van der Waals surface area contributed by atoms with Crippen LogP contribution in [-0.4, -0.2) is 10.2 Å². The lowest BCUT2D eigenvalue weighted by atomic mass is 9.76. The van der Waals surface area contributed by atoms with Crippen molar-refractivity contribution in [1.29, 1.82) is 0 Å². The third kappa shape index (κ3) is 5.80. The Hall–Kier alpha value is -2.40. The summed E-state index contributed by atoms with van der Waals surface area (Å²) < 4.78 is 0. The van der Waals surface area contributed by atoms with Crippen LogP contribution in [0.15, 0.2) is 24.3 Å². The summed E-state index contributed by atoms with van der Waals surface area (Å²) in [7, 11) is 0. The van der Waals surface area contributed by atoms with Crippen molar-refractivity contribution in [2.75, 3.05) is 0 Å². The molecule has 2 nitrogen and oxygen atoms in total. The van der Waals surface area contributed by atoms with Gasteiger partial charge in [-0.1, -0.05) is 57.4 Å². The van der Waals surface area contributed by atoms with Crippen molar-refractivity contribution in [2.24, 2.45) is 11.3 Å². The summed E-state index contributed by atoms with van der Waals surface area (Å²) in [6.07, 6.45) is 1.92. The molecule has 2 aromatic rings. The molecule has 0 saturated heterocycles. The van der Waals surface area contributed by atoms with Crippen LogP contribution in [0.2, 0.25) is 0 Å². The fourth-order valence-corrected chi connectivity index (χ4v) is 4.51. The molecule has 0 spiro atoms. The highest BCUT2D eigenvalue weighted by Crippen LogP contribution is 2.44. The highest BCUT2D eigenvalue weighted by molar-refractivity contribution is 5.57. The van der Waals surface area contributed by atoms with Gasteiger partial charge in [0.1, 0.15) is 11.5 Å². The molecule has 156 valence electrons. The molecule has 2 rings (SSSR count). The van der Waals surface area contributed by atoms with Crippen molar-refractivity contribution < 1.29 is 10.2 Å². The summed E-state index contributed by atoms with van der Waals surface area (Å²) in [6, 6.07) is 8.02. The molecule has 2 atom stereocenters. The monoisotopic (exact) mass is 392 g/mol. The smallest absolute Gasteiger partial charge is 0.135 e. The minimum absolute atomic E-state index is 0.0942. The maximum absolute atomic E-state index is 11.1. The number of hydrogen-bond acceptors (Lipinski definition) is 2. The van der Waals surface area contributed by atoms with E-state index in [0.29, 0.717) is 17.2 Å². The van der Waals surface area contributed by atoms with E-state index in [2.05, 4.69) is 52.5 Å². The number of aryl methyl sites for hydroxylation is 3. The van der Waals surface area contributed by atoms with E-state index in [0.717, 1.165) is 40.7 Å². The Morgan fingerprint density at radius 2 is 1.45 bits per heavy atom. The Morgan fingerprint density at radius 1 is 0.897 bits per heavy atom. The van der Waals surface area contributed by atoms with E-state index in [1.165, 1.54) is 0 Å². The van der Waals surface area contributed by atoms with Crippen LogP contribution >= 0.6 is 0 Å². The molecule has 2 aromatic carbocycles. The van der Waals surface area contributed by atoms with E-state index >= 15 is 0 Å². The van der Waals surface area contributed by atoms with E-state index in [1.807, 2.05) is 32.0 Å². The van der Waals surface area contributed by atoms with Crippen molar-refractivity contribution in [3.63, 3.8) is 0 Å². The van der Waals surface area contributed by atoms with Crippen LogP contribution in [0.1, 0.15) is 86.8 Å². The number of benzene rings is 2. The fourth-order valence-electron chi connectivity index (χ4n) is 4.51. The van der Waals surface area contributed by atoms with Gasteiger partial charge in [-0.05, 0) is 69.1 Å². The molecule has 0 aliphatic heterocycles. The Labute approximate surface area is 177 Å². The lowest BCUT2D eigenvalue weighted by molar-refractivity contribution is 0.289. The van der Waals surface area contributed by atoms with Crippen molar-refractivity contribution in [3.05, 3.63) is 57.6 Å². The van der Waals surface area contributed by atoms with Gasteiger partial charge in [0.15, 0.2) is 0 Å². The normalized spacial score (nSPS) is 13.5. The molecule has 0 aromatic heterocycles. The molecule has 0 aliphatic carbocycles. The van der Waals surface area contributed by atoms with Crippen molar-refractivity contribution in [2.45, 2.75) is 74.1 Å². The van der Waals surface area contributed by atoms with Gasteiger partial charge >= 0.3 is 0 Å². The van der Waals surface area contributed by atoms with Crippen LogP contribution in [0.5, 0.6) is 11.5 Å². The van der Waals surface area contributed by atoms with Gasteiger partial charge in [-0.2, -0.15) is 0 Å². The van der Waals surface area contributed by atoms with E-state index < -0.39 is 0 Å². The molecule has 0 amide bonds. The largest absolute Gasteiger partial charge is 0.507 e. The Morgan fingerprint density at radius 3 is 2.00 bits per heavy atom. The minimum atomic E-state index is -0.0942. The molecule has 0 bridgehead atoms. The summed E-state index contributed by atoms with van der Waals surface area (Å²) in [6.45, 7) is 16.8. The first-order valence-electron chi connectivity index (χ1n) is 10.5. The van der Waals surface area contributed by atoms with Gasteiger partial charge in [-0.25, -0.2) is 0 Å². The van der Waals surface area contributed by atoms with Crippen molar-refractivity contribution in [3.8, 4) is 23.3 Å². The zero-order valence-corrected chi connectivity index (χ0v) is 19.3. The van der Waals surface area contributed by atoms with Crippen LogP contribution in [-0.2, 0) is 0 Å². The van der Waals surface area contributed by atoms with Gasteiger partial charge in [-0.15, -0.1) is 5.92 Å². The van der Waals surface area contributed by atoms with E-state index in [9.17, 15) is 10.2 Å². The molecule has 29 heavy (non-hydrogen) atoms. The van der Waals surface area contributed by atoms with Gasteiger partial charge in [-0.3, -0.25) is 0 Å². The van der Waals surface area contributed by atoms with Gasteiger partial charge < -0.3 is 10.2 Å². The Bertz CT molecular complexity index is 936. The average Bonchev–Trinajstić information content (AvgIpc) is 2.58. The average molecular weight is 393 g/mol. The topological polar surface area (TPSA) is 40.5 Å². The third-order valence-electron chi connectivity index (χ3n) is 5.37. The summed E-state index contributed by atoms with van der Waals surface area (Å²) in [5, 5.41) is 22.0. The summed E-state index contributed by atoms with van der Waals surface area (Å²) in [4.78, 5) is 0. The number of aromatic hydroxyl groups is 2. The molecule has 0 saturated carbocycles. The molecule has 2 heteroatoms. The molecular weight excluding hydrogens is 356 g/mol. The SMILES string of the molecule is CC#Cc1cc(C)cc(C(CC(C)CC(C)(C)C)c2cc(C)cc(C)c2O)c1O. The second-order valence-electron chi connectivity index (χ2n) is 9.80. The van der Waals surface area contributed by atoms with Crippen LogP contribution in [0.4, 0.5) is 0 Å². The molecule has 2 unspecified atom stereocenters. The zero-order chi connectivity index (χ0) is 21.9. The number of rotatable bonds is 5.